The van der Waals surface area contributed by atoms with Crippen molar-refractivity contribution >= 4 is 11.9 Å². The minimum absolute atomic E-state index is 0.0867. The third-order valence-corrected chi connectivity index (χ3v) is 6.71. The number of aryl methyl sites for hydroxylation is 1. The Morgan fingerprint density at radius 2 is 1.73 bits per heavy atom. The van der Waals surface area contributed by atoms with Crippen LogP contribution in [0.5, 0.6) is 11.5 Å². The first-order valence-corrected chi connectivity index (χ1v) is 13.0. The number of hydrogen-bond acceptors (Lipinski definition) is 7. The zero-order valence-electron chi connectivity index (χ0n) is 22.8. The Labute approximate surface area is 238 Å². The van der Waals surface area contributed by atoms with E-state index >= 15 is 0 Å². The van der Waals surface area contributed by atoms with Gasteiger partial charge >= 0.3 is 11.9 Å². The maximum Gasteiger partial charge on any atom is 0.343 e. The van der Waals surface area contributed by atoms with Crippen molar-refractivity contribution in [3.63, 3.8) is 0 Å². The van der Waals surface area contributed by atoms with Crippen LogP contribution in [0.1, 0.15) is 38.2 Å². The molecular weight excluding hydrogens is 520 g/mol. The highest BCUT2D eigenvalue weighted by Gasteiger charge is 2.20. The number of carbonyl (C=O) groups excluding carboxylic acids is 1. The van der Waals surface area contributed by atoms with Crippen molar-refractivity contribution in [2.45, 2.75) is 33.0 Å². The molecular formula is C33H30N2O6. The summed E-state index contributed by atoms with van der Waals surface area (Å²) < 4.78 is 11.9. The number of hydrogen-bond donors (Lipinski definition) is 3. The topological polar surface area (TPSA) is 129 Å². The average molecular weight is 551 g/mol. The lowest BCUT2D eigenvalue weighted by Crippen LogP contribution is -2.39. The number of nitrogens with one attached hydrogen (secondary N) is 1. The molecule has 8 nitrogen and oxygen atoms in total. The van der Waals surface area contributed by atoms with E-state index in [2.05, 4.69) is 11.4 Å². The number of carbonyl (C=O) groups is 2. The predicted octanol–water partition coefficient (Wildman–Crippen LogP) is 5.18. The lowest BCUT2D eigenvalue weighted by molar-refractivity contribution is -0.140. The number of benzene rings is 4. The number of aliphatic hydroxyl groups excluding tert-OH is 1. The van der Waals surface area contributed by atoms with Crippen molar-refractivity contribution in [1.82, 2.24) is 5.32 Å². The normalized spacial score (nSPS) is 11.4. The molecule has 0 spiro atoms. The van der Waals surface area contributed by atoms with Gasteiger partial charge in [-0.2, -0.15) is 5.26 Å². The summed E-state index contributed by atoms with van der Waals surface area (Å²) >= 11 is 0. The van der Waals surface area contributed by atoms with Gasteiger partial charge in [0.15, 0.2) is 0 Å². The zero-order valence-corrected chi connectivity index (χ0v) is 22.8. The Morgan fingerprint density at radius 3 is 2.44 bits per heavy atom. The van der Waals surface area contributed by atoms with Gasteiger partial charge in [0.05, 0.1) is 23.8 Å². The Balaban J connectivity index is 1.63. The number of carboxylic acids is 1. The van der Waals surface area contributed by atoms with Crippen molar-refractivity contribution in [2.24, 2.45) is 0 Å². The molecule has 1 atom stereocenters. The minimum atomic E-state index is -1.18. The van der Waals surface area contributed by atoms with E-state index in [9.17, 15) is 25.1 Å². The van der Waals surface area contributed by atoms with Crippen molar-refractivity contribution in [3.8, 4) is 28.7 Å². The molecule has 0 aromatic heterocycles. The van der Waals surface area contributed by atoms with Crippen LogP contribution in [0.4, 0.5) is 0 Å². The molecule has 8 heteroatoms. The smallest absolute Gasteiger partial charge is 0.343 e. The molecule has 4 rings (SSSR count). The predicted molar refractivity (Wildman–Crippen MR) is 154 cm³/mol. The van der Waals surface area contributed by atoms with Gasteiger partial charge in [0, 0.05) is 18.2 Å². The van der Waals surface area contributed by atoms with Gasteiger partial charge in [0.2, 0.25) is 0 Å². The van der Waals surface area contributed by atoms with Crippen LogP contribution in [0.3, 0.4) is 0 Å². The number of esters is 1. The van der Waals surface area contributed by atoms with Crippen LogP contribution in [0.15, 0.2) is 84.9 Å². The zero-order chi connectivity index (χ0) is 29.4. The van der Waals surface area contributed by atoms with E-state index in [-0.39, 0.29) is 18.9 Å². The number of ether oxygens (including phenoxy) is 2. The molecule has 41 heavy (non-hydrogen) atoms. The third kappa shape index (κ3) is 7.17. The van der Waals surface area contributed by atoms with Crippen molar-refractivity contribution in [3.05, 3.63) is 118 Å². The molecule has 0 radical (unpaired) electrons. The van der Waals surface area contributed by atoms with E-state index in [1.807, 2.05) is 55.5 Å². The fourth-order valence-electron chi connectivity index (χ4n) is 4.46. The second kappa shape index (κ2) is 13.4. The number of aliphatic hydroxyl groups is 1. The van der Waals surface area contributed by atoms with E-state index in [4.69, 9.17) is 9.47 Å². The van der Waals surface area contributed by atoms with Gasteiger partial charge in [-0.25, -0.2) is 4.79 Å². The number of nitriles is 1. The SMILES string of the molecule is Cc1cc(OC(=O)c2cccc(-c3ccccc3)c2C)cc(OCc2cccc(C#N)c2)c1CN[C@@H](CO)C(=O)O. The summed E-state index contributed by atoms with van der Waals surface area (Å²) in [6, 6.07) is 26.5. The molecule has 0 unspecified atom stereocenters. The molecule has 0 aliphatic carbocycles. The summed E-state index contributed by atoms with van der Waals surface area (Å²) in [4.78, 5) is 24.7. The highest BCUT2D eigenvalue weighted by molar-refractivity contribution is 5.95. The Kier molecular flexibility index (Phi) is 9.48. The van der Waals surface area contributed by atoms with E-state index < -0.39 is 24.6 Å². The van der Waals surface area contributed by atoms with Gasteiger partial charge in [-0.15, -0.1) is 0 Å². The van der Waals surface area contributed by atoms with Crippen LogP contribution in [0.25, 0.3) is 11.1 Å². The largest absolute Gasteiger partial charge is 0.488 e. The van der Waals surface area contributed by atoms with Crippen LogP contribution in [-0.2, 0) is 17.9 Å². The second-order valence-corrected chi connectivity index (χ2v) is 9.51. The lowest BCUT2D eigenvalue weighted by Gasteiger charge is -2.19. The molecule has 0 saturated carbocycles. The molecule has 4 aromatic rings. The van der Waals surface area contributed by atoms with Crippen LogP contribution < -0.4 is 14.8 Å². The molecule has 3 N–H and O–H groups in total. The molecule has 0 amide bonds. The molecule has 0 aliphatic heterocycles. The highest BCUT2D eigenvalue weighted by Crippen LogP contribution is 2.31. The molecule has 208 valence electrons. The summed E-state index contributed by atoms with van der Waals surface area (Å²) in [6.45, 7) is 3.31. The highest BCUT2D eigenvalue weighted by atomic mass is 16.5. The fourth-order valence-corrected chi connectivity index (χ4v) is 4.46. The maximum absolute atomic E-state index is 13.3. The summed E-state index contributed by atoms with van der Waals surface area (Å²) in [5.74, 6) is -1.07. The van der Waals surface area contributed by atoms with Gasteiger partial charge < -0.3 is 19.7 Å². The van der Waals surface area contributed by atoms with Crippen LogP contribution in [0, 0.1) is 25.2 Å². The summed E-state index contributed by atoms with van der Waals surface area (Å²) in [5.41, 5.74) is 5.73. The second-order valence-electron chi connectivity index (χ2n) is 9.51. The van der Waals surface area contributed by atoms with E-state index in [0.717, 1.165) is 22.3 Å². The van der Waals surface area contributed by atoms with E-state index in [0.29, 0.717) is 28.0 Å². The van der Waals surface area contributed by atoms with Gasteiger partial charge in [-0.1, -0.05) is 54.6 Å². The first kappa shape index (κ1) is 29.0. The van der Waals surface area contributed by atoms with Gasteiger partial charge in [-0.3, -0.25) is 10.1 Å². The summed E-state index contributed by atoms with van der Waals surface area (Å²) in [5, 5.41) is 30.8. The van der Waals surface area contributed by atoms with Crippen LogP contribution in [-0.4, -0.2) is 34.8 Å². The maximum atomic E-state index is 13.3. The van der Waals surface area contributed by atoms with Crippen LogP contribution in [0.2, 0.25) is 0 Å². The first-order chi connectivity index (χ1) is 19.8. The third-order valence-electron chi connectivity index (χ3n) is 6.71. The Morgan fingerprint density at radius 1 is 0.976 bits per heavy atom. The number of aliphatic carboxylic acids is 1. The summed E-state index contributed by atoms with van der Waals surface area (Å²) in [7, 11) is 0. The standard InChI is InChI=1S/C33H30N2O6/c1-21-14-26(41-33(39)28-13-7-12-27(22(28)2)25-10-4-3-5-11-25)16-31(29(21)18-35-30(19-36)32(37)38)40-20-24-9-6-8-23(15-24)17-34/h3-16,30,35-36H,18-20H2,1-2H3,(H,37,38)/t30-/m0/s1. The number of rotatable bonds is 11. The van der Waals surface area contributed by atoms with E-state index in [1.165, 1.54) is 0 Å². The number of nitrogens with zero attached hydrogens (tertiary/aromatic N) is 1. The van der Waals surface area contributed by atoms with Gasteiger partial charge in [0.1, 0.15) is 24.1 Å². The lowest BCUT2D eigenvalue weighted by atomic mass is 9.96. The van der Waals surface area contributed by atoms with Gasteiger partial charge in [-0.05, 0) is 65.9 Å². The van der Waals surface area contributed by atoms with Crippen molar-refractivity contribution in [1.29, 1.82) is 5.26 Å². The van der Waals surface area contributed by atoms with Gasteiger partial charge in [0.25, 0.3) is 0 Å². The van der Waals surface area contributed by atoms with E-state index in [1.54, 1.807) is 43.3 Å². The quantitative estimate of drug-likeness (QED) is 0.172. The first-order valence-electron chi connectivity index (χ1n) is 13.0. The average Bonchev–Trinajstić information content (AvgIpc) is 2.97. The Hall–Kier alpha value is -4.97. The molecule has 0 saturated heterocycles. The van der Waals surface area contributed by atoms with Crippen LogP contribution >= 0.6 is 0 Å². The molecule has 0 heterocycles. The molecule has 0 fully saturated rings. The Bertz CT molecular complexity index is 1590. The summed E-state index contributed by atoms with van der Waals surface area (Å²) in [6.07, 6.45) is 0. The molecule has 4 aromatic carbocycles. The van der Waals surface area contributed by atoms with Crippen molar-refractivity contribution < 1.29 is 29.3 Å². The fraction of sp³-hybridized carbons (Fsp3) is 0.182. The number of carboxylic acid groups (broad SMARTS) is 1. The minimum Gasteiger partial charge on any atom is -0.488 e. The molecule has 0 bridgehead atoms. The van der Waals surface area contributed by atoms with Crippen molar-refractivity contribution in [2.75, 3.05) is 6.61 Å². The monoisotopic (exact) mass is 550 g/mol. The molecule has 0 aliphatic rings.